The number of thiocarbonyl (C=S) groups is 1. The van der Waals surface area contributed by atoms with Crippen molar-refractivity contribution in [2.45, 2.75) is 25.4 Å². The third-order valence-corrected chi connectivity index (χ3v) is 7.19. The number of nitrogens with one attached hydrogen (secondary N) is 2. The third-order valence-electron chi connectivity index (χ3n) is 6.51. The van der Waals surface area contributed by atoms with Crippen LogP contribution in [0.4, 0.5) is 5.69 Å². The Balaban J connectivity index is 1.42. The first kappa shape index (κ1) is 26.4. The summed E-state index contributed by atoms with van der Waals surface area (Å²) in [6, 6.07) is 20.5. The maximum Gasteiger partial charge on any atom is 0.335 e. The molecule has 0 bridgehead atoms. The van der Waals surface area contributed by atoms with Crippen LogP contribution in [0.2, 0.25) is 5.02 Å². The number of aryl methyl sites for hydroxylation is 1. The highest BCUT2D eigenvalue weighted by Gasteiger charge is 2.41. The average molecular weight is 561 g/mol. The summed E-state index contributed by atoms with van der Waals surface area (Å²) in [4.78, 5) is 30.7. The highest BCUT2D eigenvalue weighted by molar-refractivity contribution is 7.80. The Labute approximate surface area is 235 Å². The summed E-state index contributed by atoms with van der Waals surface area (Å²) in [6.07, 6.45) is 1.90. The van der Waals surface area contributed by atoms with Crippen LogP contribution in [-0.4, -0.2) is 38.5 Å². The lowest BCUT2D eigenvalue weighted by molar-refractivity contribution is -0.116. The fraction of sp³-hybridized carbons (Fsp3) is 0.172. The van der Waals surface area contributed by atoms with Gasteiger partial charge in [-0.25, -0.2) is 4.79 Å². The van der Waals surface area contributed by atoms with E-state index in [0.717, 1.165) is 16.9 Å². The molecule has 0 radical (unpaired) electrons. The fourth-order valence-corrected chi connectivity index (χ4v) is 5.08. The summed E-state index contributed by atoms with van der Waals surface area (Å²) < 4.78 is 6.27. The quantitative estimate of drug-likeness (QED) is 0.225. The molecule has 2 atom stereocenters. The van der Waals surface area contributed by atoms with Gasteiger partial charge in [0.05, 0.1) is 22.3 Å². The second kappa shape index (κ2) is 11.3. The number of carboxylic acid groups (broad SMARTS) is 1. The van der Waals surface area contributed by atoms with Crippen molar-refractivity contribution in [3.05, 3.63) is 107 Å². The summed E-state index contributed by atoms with van der Waals surface area (Å²) >= 11 is 12.1. The number of carbonyl (C=O) groups is 2. The molecule has 198 valence electrons. The molecule has 1 aliphatic rings. The van der Waals surface area contributed by atoms with Crippen LogP contribution in [0.25, 0.3) is 11.3 Å². The van der Waals surface area contributed by atoms with E-state index in [1.54, 1.807) is 12.3 Å². The Bertz CT molecular complexity index is 1520. The number of aromatic nitrogens is 1. The topological polar surface area (TPSA) is 108 Å². The monoisotopic (exact) mass is 560 g/mol. The fourth-order valence-electron chi connectivity index (χ4n) is 4.54. The molecule has 1 fully saturated rings. The zero-order valence-electron chi connectivity index (χ0n) is 20.9. The minimum Gasteiger partial charge on any atom is -0.478 e. The molecule has 0 saturated carbocycles. The van der Waals surface area contributed by atoms with E-state index >= 15 is 0 Å². The predicted octanol–water partition coefficient (Wildman–Crippen LogP) is 6.00. The van der Waals surface area contributed by atoms with E-state index < -0.39 is 12.0 Å². The third kappa shape index (κ3) is 5.79. The smallest absolute Gasteiger partial charge is 0.335 e. The van der Waals surface area contributed by atoms with Gasteiger partial charge in [-0.3, -0.25) is 9.78 Å². The number of carboxylic acids is 1. The van der Waals surface area contributed by atoms with Crippen molar-refractivity contribution in [3.8, 4) is 11.3 Å². The van der Waals surface area contributed by atoms with Crippen molar-refractivity contribution in [3.63, 3.8) is 0 Å². The molecule has 5 rings (SSSR count). The summed E-state index contributed by atoms with van der Waals surface area (Å²) in [5.41, 5.74) is 3.17. The number of nitrogens with zero attached hydrogens (tertiary/aromatic N) is 2. The van der Waals surface area contributed by atoms with Crippen molar-refractivity contribution >= 4 is 46.5 Å². The van der Waals surface area contributed by atoms with Crippen molar-refractivity contribution in [2.75, 3.05) is 11.9 Å². The molecule has 1 aliphatic heterocycles. The molecule has 0 aliphatic carbocycles. The molecule has 2 aromatic heterocycles. The number of hydrogen-bond donors (Lipinski definition) is 3. The number of anilines is 1. The molecule has 8 nitrogen and oxygen atoms in total. The Morgan fingerprint density at radius 3 is 2.64 bits per heavy atom. The molecule has 3 heterocycles. The molecule has 3 N–H and O–H groups in total. The molecule has 1 amide bonds. The lowest BCUT2D eigenvalue weighted by Gasteiger charge is -2.25. The molecule has 39 heavy (non-hydrogen) atoms. The number of amides is 1. The highest BCUT2D eigenvalue weighted by atomic mass is 35.5. The number of halogens is 1. The molecule has 0 unspecified atom stereocenters. The molecule has 1 saturated heterocycles. The van der Waals surface area contributed by atoms with Gasteiger partial charge in [0.1, 0.15) is 17.6 Å². The van der Waals surface area contributed by atoms with Crippen LogP contribution in [0.5, 0.6) is 0 Å². The van der Waals surface area contributed by atoms with E-state index in [9.17, 15) is 14.7 Å². The minimum absolute atomic E-state index is 0.101. The van der Waals surface area contributed by atoms with E-state index in [1.807, 2.05) is 60.4 Å². The number of rotatable bonds is 8. The number of furan rings is 1. The van der Waals surface area contributed by atoms with Crippen molar-refractivity contribution in [1.82, 2.24) is 15.2 Å². The lowest BCUT2D eigenvalue weighted by atomic mass is 10.0. The van der Waals surface area contributed by atoms with Crippen molar-refractivity contribution in [2.24, 2.45) is 0 Å². The SMILES string of the molecule is Cc1ccc(NC(=O)CCN2C(=S)N[C@@H](c3ccccn3)[C@@H]2c2ccc(-c3cc(C(=O)O)ccc3Cl)o2)cc1. The Hall–Kier alpha value is -4.21. The number of benzene rings is 2. The van der Waals surface area contributed by atoms with Gasteiger partial charge in [0.2, 0.25) is 5.91 Å². The Morgan fingerprint density at radius 1 is 1.13 bits per heavy atom. The zero-order valence-corrected chi connectivity index (χ0v) is 22.5. The van der Waals surface area contributed by atoms with Crippen LogP contribution in [0.15, 0.2) is 83.4 Å². The first-order valence-electron chi connectivity index (χ1n) is 12.3. The standard InChI is InChI=1S/C29H25ClN4O4S/c1-17-5-8-19(9-6-17)32-25(35)13-15-34-27(26(33-29(34)39)22-4-2-3-14-31-22)24-12-11-23(38-24)20-16-18(28(36)37)7-10-21(20)30/h2-12,14,16,26-27H,13,15H2,1H3,(H,32,35)(H,33,39)(H,36,37)/t26-,27-/m0/s1. The van der Waals surface area contributed by atoms with Crippen LogP contribution in [0, 0.1) is 6.92 Å². The van der Waals surface area contributed by atoms with E-state index in [2.05, 4.69) is 15.6 Å². The van der Waals surface area contributed by atoms with Crippen LogP contribution in [0.1, 0.15) is 45.9 Å². The second-order valence-corrected chi connectivity index (χ2v) is 9.98. The van der Waals surface area contributed by atoms with Gasteiger partial charge in [0.15, 0.2) is 5.11 Å². The van der Waals surface area contributed by atoms with Gasteiger partial charge < -0.3 is 25.1 Å². The highest BCUT2D eigenvalue weighted by Crippen LogP contribution is 2.41. The number of carbonyl (C=O) groups excluding carboxylic acids is 1. The lowest BCUT2D eigenvalue weighted by Crippen LogP contribution is -2.32. The van der Waals surface area contributed by atoms with Crippen molar-refractivity contribution in [1.29, 1.82) is 0 Å². The van der Waals surface area contributed by atoms with Gasteiger partial charge in [0.25, 0.3) is 0 Å². The van der Waals surface area contributed by atoms with Crippen molar-refractivity contribution < 1.29 is 19.1 Å². The van der Waals surface area contributed by atoms with Gasteiger partial charge in [-0.15, -0.1) is 0 Å². The van der Waals surface area contributed by atoms with Gasteiger partial charge >= 0.3 is 5.97 Å². The van der Waals surface area contributed by atoms with Gasteiger partial charge in [-0.05, 0) is 73.7 Å². The summed E-state index contributed by atoms with van der Waals surface area (Å²) in [6.45, 7) is 2.32. The Kier molecular flexibility index (Phi) is 7.63. The number of aromatic carboxylic acids is 1. The first-order chi connectivity index (χ1) is 18.8. The maximum atomic E-state index is 12.8. The predicted molar refractivity (Wildman–Crippen MR) is 153 cm³/mol. The number of pyridine rings is 1. The second-order valence-electron chi connectivity index (χ2n) is 9.19. The summed E-state index contributed by atoms with van der Waals surface area (Å²) in [5, 5.41) is 16.5. The van der Waals surface area contributed by atoms with E-state index in [4.69, 9.17) is 28.2 Å². The largest absolute Gasteiger partial charge is 0.478 e. The molecule has 4 aromatic rings. The van der Waals surface area contributed by atoms with E-state index in [-0.39, 0.29) is 23.9 Å². The summed E-state index contributed by atoms with van der Waals surface area (Å²) in [7, 11) is 0. The zero-order chi connectivity index (χ0) is 27.5. The van der Waals surface area contributed by atoms with Crippen LogP contribution >= 0.6 is 23.8 Å². The maximum absolute atomic E-state index is 12.8. The molecular weight excluding hydrogens is 536 g/mol. The van der Waals surface area contributed by atoms with Gasteiger partial charge in [-0.2, -0.15) is 0 Å². The first-order valence-corrected chi connectivity index (χ1v) is 13.1. The normalized spacial score (nSPS) is 16.7. The van der Waals surface area contributed by atoms with E-state index in [1.165, 1.54) is 18.2 Å². The van der Waals surface area contributed by atoms with Gasteiger partial charge in [0, 0.05) is 30.4 Å². The molecule has 0 spiro atoms. The molecule has 2 aromatic carbocycles. The van der Waals surface area contributed by atoms with Crippen LogP contribution in [-0.2, 0) is 4.79 Å². The minimum atomic E-state index is -1.06. The van der Waals surface area contributed by atoms with Crippen LogP contribution in [0.3, 0.4) is 0 Å². The number of hydrogen-bond acceptors (Lipinski definition) is 5. The average Bonchev–Trinajstić information content (AvgIpc) is 3.54. The molecular formula is C29H25ClN4O4S. The van der Waals surface area contributed by atoms with E-state index in [0.29, 0.717) is 33.8 Å². The summed E-state index contributed by atoms with van der Waals surface area (Å²) in [5.74, 6) is -0.203. The Morgan fingerprint density at radius 2 is 1.92 bits per heavy atom. The van der Waals surface area contributed by atoms with Crippen LogP contribution < -0.4 is 10.6 Å². The molecule has 10 heteroatoms. The van der Waals surface area contributed by atoms with Gasteiger partial charge in [-0.1, -0.05) is 35.4 Å².